The van der Waals surface area contributed by atoms with Crippen LogP contribution in [0.3, 0.4) is 0 Å². The molecule has 0 atom stereocenters. The van der Waals surface area contributed by atoms with Gasteiger partial charge >= 0.3 is 0 Å². The minimum atomic E-state index is -0.247. The van der Waals surface area contributed by atoms with Crippen LogP contribution in [0, 0.1) is 6.92 Å². The fraction of sp³-hybridized carbons (Fsp3) is 0.125. The van der Waals surface area contributed by atoms with E-state index in [4.69, 9.17) is 4.74 Å². The van der Waals surface area contributed by atoms with Gasteiger partial charge in [0, 0.05) is 6.20 Å². The number of ether oxygens (including phenoxy) is 1. The molecule has 0 unspecified atom stereocenters. The molecule has 1 N–H and O–H groups in total. The fourth-order valence-corrected chi connectivity index (χ4v) is 5.18. The lowest BCUT2D eigenvalue weighted by Gasteiger charge is -2.13. The van der Waals surface area contributed by atoms with Gasteiger partial charge in [-0.1, -0.05) is 41.3 Å². The first kappa shape index (κ1) is 22.1. The van der Waals surface area contributed by atoms with Crippen molar-refractivity contribution < 1.29 is 9.53 Å². The molecule has 0 fully saturated rings. The normalized spacial score (nSPS) is 11.1. The molecular formula is C24H19N5O3S2. The number of anilines is 1. The Morgan fingerprint density at radius 3 is 2.79 bits per heavy atom. The van der Waals surface area contributed by atoms with Crippen molar-refractivity contribution in [2.75, 3.05) is 18.2 Å². The van der Waals surface area contributed by atoms with E-state index in [2.05, 4.69) is 20.3 Å². The highest BCUT2D eigenvalue weighted by atomic mass is 32.2. The van der Waals surface area contributed by atoms with Gasteiger partial charge in [0.25, 0.3) is 5.56 Å². The van der Waals surface area contributed by atoms with E-state index in [1.54, 1.807) is 31.5 Å². The van der Waals surface area contributed by atoms with Crippen molar-refractivity contribution in [3.8, 4) is 11.6 Å². The van der Waals surface area contributed by atoms with E-state index >= 15 is 0 Å². The molecule has 10 heteroatoms. The van der Waals surface area contributed by atoms with E-state index in [0.717, 1.165) is 21.5 Å². The molecule has 8 nitrogen and oxygen atoms in total. The number of aromatic nitrogens is 4. The zero-order valence-electron chi connectivity index (χ0n) is 18.3. The number of benzene rings is 2. The molecule has 0 saturated carbocycles. The number of thiazole rings is 1. The monoisotopic (exact) mass is 489 g/mol. The number of thioether (sulfide) groups is 1. The summed E-state index contributed by atoms with van der Waals surface area (Å²) in [5.41, 5.74) is 1.96. The summed E-state index contributed by atoms with van der Waals surface area (Å²) >= 11 is 2.55. The van der Waals surface area contributed by atoms with E-state index in [-0.39, 0.29) is 17.2 Å². The topological polar surface area (TPSA) is 99.0 Å². The predicted octanol–water partition coefficient (Wildman–Crippen LogP) is 4.44. The highest BCUT2D eigenvalue weighted by Gasteiger charge is 2.17. The van der Waals surface area contributed by atoms with E-state index in [0.29, 0.717) is 27.0 Å². The van der Waals surface area contributed by atoms with Gasteiger partial charge in [0.15, 0.2) is 10.3 Å². The third-order valence-electron chi connectivity index (χ3n) is 5.11. The first-order valence-corrected chi connectivity index (χ1v) is 12.1. The maximum atomic E-state index is 13.3. The molecule has 0 radical (unpaired) electrons. The second-order valence-electron chi connectivity index (χ2n) is 7.39. The van der Waals surface area contributed by atoms with E-state index in [1.807, 2.05) is 43.3 Å². The molecule has 3 heterocycles. The van der Waals surface area contributed by atoms with Crippen molar-refractivity contribution >= 4 is 55.3 Å². The van der Waals surface area contributed by atoms with Crippen LogP contribution in [0.5, 0.6) is 5.75 Å². The standard InChI is InChI=1S/C24H19N5O3S2/c1-14-6-5-11-25-21(14)29-22(31)16-7-3-4-8-17(16)27-24(29)33-13-20(30)28-23-26-18-10-9-15(32-2)12-19(18)34-23/h3-12H,13H2,1-2H3,(H,26,28,30). The molecular weight excluding hydrogens is 470 g/mol. The van der Waals surface area contributed by atoms with Gasteiger partial charge in [0.2, 0.25) is 5.91 Å². The molecule has 3 aromatic heterocycles. The van der Waals surface area contributed by atoms with Crippen LogP contribution < -0.4 is 15.6 Å². The van der Waals surface area contributed by atoms with Crippen molar-refractivity contribution in [3.05, 3.63) is 76.7 Å². The molecule has 170 valence electrons. The first-order chi connectivity index (χ1) is 16.5. The number of aryl methyl sites for hydroxylation is 1. The third kappa shape index (κ3) is 4.25. The minimum Gasteiger partial charge on any atom is -0.497 e. The number of hydrogen-bond acceptors (Lipinski definition) is 8. The predicted molar refractivity (Wildman–Crippen MR) is 135 cm³/mol. The second-order valence-corrected chi connectivity index (χ2v) is 9.36. The highest BCUT2D eigenvalue weighted by molar-refractivity contribution is 7.99. The van der Waals surface area contributed by atoms with E-state index < -0.39 is 0 Å². The van der Waals surface area contributed by atoms with Crippen LogP contribution in [0.25, 0.3) is 26.9 Å². The molecule has 0 saturated heterocycles. The number of nitrogens with zero attached hydrogens (tertiary/aromatic N) is 4. The molecule has 0 spiro atoms. The number of para-hydroxylation sites is 1. The summed E-state index contributed by atoms with van der Waals surface area (Å²) in [5.74, 6) is 1.03. The van der Waals surface area contributed by atoms with Crippen molar-refractivity contribution in [1.82, 2.24) is 19.5 Å². The Bertz CT molecular complexity index is 1600. The van der Waals surface area contributed by atoms with Gasteiger partial charge in [-0.25, -0.2) is 19.5 Å². The smallest absolute Gasteiger partial charge is 0.267 e. The van der Waals surface area contributed by atoms with Crippen LogP contribution in [0.15, 0.2) is 70.7 Å². The van der Waals surface area contributed by atoms with Gasteiger partial charge < -0.3 is 10.1 Å². The van der Waals surface area contributed by atoms with Crippen molar-refractivity contribution in [2.45, 2.75) is 12.1 Å². The third-order valence-corrected chi connectivity index (χ3v) is 6.99. The summed E-state index contributed by atoms with van der Waals surface area (Å²) in [6.45, 7) is 1.88. The van der Waals surface area contributed by atoms with Gasteiger partial charge in [0.1, 0.15) is 11.6 Å². The van der Waals surface area contributed by atoms with Gasteiger partial charge in [-0.2, -0.15) is 0 Å². The SMILES string of the molecule is COc1ccc2nc(NC(=O)CSc3nc4ccccc4c(=O)n3-c3ncccc3C)sc2c1. The molecule has 0 bridgehead atoms. The quantitative estimate of drug-likeness (QED) is 0.278. The lowest BCUT2D eigenvalue weighted by molar-refractivity contribution is -0.113. The largest absolute Gasteiger partial charge is 0.497 e. The van der Waals surface area contributed by atoms with Crippen LogP contribution in [-0.2, 0) is 4.79 Å². The molecule has 5 aromatic rings. The molecule has 0 aliphatic heterocycles. The Morgan fingerprint density at radius 2 is 1.97 bits per heavy atom. The minimum absolute atomic E-state index is 0.0515. The fourth-order valence-electron chi connectivity index (χ4n) is 3.48. The number of fused-ring (bicyclic) bond motifs is 2. The van der Waals surface area contributed by atoms with Crippen LogP contribution in [0.4, 0.5) is 5.13 Å². The van der Waals surface area contributed by atoms with Crippen LogP contribution >= 0.6 is 23.1 Å². The van der Waals surface area contributed by atoms with E-state index in [9.17, 15) is 9.59 Å². The lowest BCUT2D eigenvalue weighted by atomic mass is 10.2. The summed E-state index contributed by atoms with van der Waals surface area (Å²) in [6.07, 6.45) is 1.63. The molecule has 34 heavy (non-hydrogen) atoms. The Hall–Kier alpha value is -3.76. The maximum Gasteiger partial charge on any atom is 0.267 e. The molecule has 5 rings (SSSR count). The Morgan fingerprint density at radius 1 is 1.12 bits per heavy atom. The number of hydrogen-bond donors (Lipinski definition) is 1. The number of carbonyl (C=O) groups excluding carboxylic acids is 1. The zero-order chi connectivity index (χ0) is 23.7. The Balaban J connectivity index is 1.43. The van der Waals surface area contributed by atoms with Crippen molar-refractivity contribution in [2.24, 2.45) is 0 Å². The molecule has 1 amide bonds. The van der Waals surface area contributed by atoms with Crippen molar-refractivity contribution in [3.63, 3.8) is 0 Å². The summed E-state index contributed by atoms with van der Waals surface area (Å²) in [6, 6.07) is 16.4. The number of carbonyl (C=O) groups is 1. The number of pyridine rings is 1. The molecule has 2 aromatic carbocycles. The maximum absolute atomic E-state index is 13.3. The molecule has 0 aliphatic carbocycles. The number of rotatable bonds is 6. The van der Waals surface area contributed by atoms with Crippen LogP contribution in [0.1, 0.15) is 5.56 Å². The first-order valence-electron chi connectivity index (χ1n) is 10.3. The van der Waals surface area contributed by atoms with E-state index in [1.165, 1.54) is 27.7 Å². The summed E-state index contributed by atoms with van der Waals surface area (Å²) in [5, 5.41) is 4.23. The Kier molecular flexibility index (Phi) is 5.99. The lowest BCUT2D eigenvalue weighted by Crippen LogP contribution is -2.24. The number of amides is 1. The van der Waals surface area contributed by atoms with Gasteiger partial charge in [-0.05, 0) is 48.9 Å². The molecule has 0 aliphatic rings. The highest BCUT2D eigenvalue weighted by Crippen LogP contribution is 2.29. The summed E-state index contributed by atoms with van der Waals surface area (Å²) in [7, 11) is 1.61. The average Bonchev–Trinajstić information content (AvgIpc) is 3.25. The number of methoxy groups -OCH3 is 1. The average molecular weight is 490 g/mol. The number of nitrogens with one attached hydrogen (secondary N) is 1. The van der Waals surface area contributed by atoms with Crippen LogP contribution in [-0.4, -0.2) is 38.3 Å². The van der Waals surface area contributed by atoms with Gasteiger partial charge in [0.05, 0.1) is 34.0 Å². The van der Waals surface area contributed by atoms with Crippen LogP contribution in [0.2, 0.25) is 0 Å². The van der Waals surface area contributed by atoms with Crippen molar-refractivity contribution in [1.29, 1.82) is 0 Å². The Labute approximate surface area is 202 Å². The zero-order valence-corrected chi connectivity index (χ0v) is 19.9. The van der Waals surface area contributed by atoms with Gasteiger partial charge in [-0.3, -0.25) is 9.59 Å². The second kappa shape index (κ2) is 9.24. The van der Waals surface area contributed by atoms with Gasteiger partial charge in [-0.15, -0.1) is 0 Å². The summed E-state index contributed by atoms with van der Waals surface area (Å²) < 4.78 is 7.63. The summed E-state index contributed by atoms with van der Waals surface area (Å²) in [4.78, 5) is 39.6.